The van der Waals surface area contributed by atoms with E-state index in [0.717, 1.165) is 50.2 Å². The molecule has 2 aliphatic rings. The average Bonchev–Trinajstić information content (AvgIpc) is 3.42. The van der Waals surface area contributed by atoms with Gasteiger partial charge in [-0.05, 0) is 63.9 Å². The summed E-state index contributed by atoms with van der Waals surface area (Å²) in [5, 5.41) is 10.8. The molecule has 0 bridgehead atoms. The molecule has 1 saturated heterocycles. The van der Waals surface area contributed by atoms with Gasteiger partial charge >= 0.3 is 0 Å². The summed E-state index contributed by atoms with van der Waals surface area (Å²) in [6, 6.07) is 6.24. The van der Waals surface area contributed by atoms with Crippen LogP contribution in [0.15, 0.2) is 28.9 Å². The molecule has 1 amide bonds. The zero-order valence-electron chi connectivity index (χ0n) is 15.4. The number of aromatic amines is 1. The van der Waals surface area contributed by atoms with Gasteiger partial charge in [0.1, 0.15) is 5.69 Å². The molecule has 4 rings (SSSR count). The number of piperidine rings is 1. The number of aromatic nitrogens is 2. The summed E-state index contributed by atoms with van der Waals surface area (Å²) in [6.07, 6.45) is 8.52. The predicted molar refractivity (Wildman–Crippen MR) is 99.7 cm³/mol. The standard InChI is InChI=1S/C20H28N4O2/c1-14(20(25)21-16-5-2-3-6-16)24-10-8-15(9-11-24)17-13-18(23-22-17)19-7-4-12-26-19/h4,7,12-16H,2-3,5-6,8-11H2,1H3,(H,21,25)(H,22,23)/t14-/m0/s1. The normalized spacial score (nSPS) is 21.1. The molecule has 2 aromatic heterocycles. The Labute approximate surface area is 154 Å². The van der Waals surface area contributed by atoms with E-state index in [2.05, 4.69) is 26.5 Å². The number of furan rings is 1. The van der Waals surface area contributed by atoms with Gasteiger partial charge in [0.25, 0.3) is 0 Å². The van der Waals surface area contributed by atoms with E-state index in [-0.39, 0.29) is 11.9 Å². The molecular formula is C20H28N4O2. The van der Waals surface area contributed by atoms with E-state index < -0.39 is 0 Å². The number of carbonyl (C=O) groups excluding carboxylic acids is 1. The lowest BCUT2D eigenvalue weighted by Gasteiger charge is -2.35. The van der Waals surface area contributed by atoms with Crippen LogP contribution in [-0.2, 0) is 4.79 Å². The Morgan fingerprint density at radius 1 is 1.31 bits per heavy atom. The quantitative estimate of drug-likeness (QED) is 0.862. The molecule has 3 heterocycles. The first-order valence-corrected chi connectivity index (χ1v) is 9.84. The van der Waals surface area contributed by atoms with Crippen LogP contribution in [0, 0.1) is 0 Å². The van der Waals surface area contributed by atoms with Crippen LogP contribution in [-0.4, -0.2) is 46.2 Å². The van der Waals surface area contributed by atoms with E-state index >= 15 is 0 Å². The van der Waals surface area contributed by atoms with Crippen molar-refractivity contribution in [1.29, 1.82) is 0 Å². The molecule has 2 fully saturated rings. The Hall–Kier alpha value is -2.08. The van der Waals surface area contributed by atoms with Gasteiger partial charge in [-0.2, -0.15) is 5.10 Å². The molecular weight excluding hydrogens is 328 g/mol. The first-order valence-electron chi connectivity index (χ1n) is 9.84. The summed E-state index contributed by atoms with van der Waals surface area (Å²) in [4.78, 5) is 14.8. The fraction of sp³-hybridized carbons (Fsp3) is 0.600. The highest BCUT2D eigenvalue weighted by Crippen LogP contribution is 2.30. The minimum Gasteiger partial charge on any atom is -0.463 e. The summed E-state index contributed by atoms with van der Waals surface area (Å²) in [6.45, 7) is 3.92. The van der Waals surface area contributed by atoms with Crippen LogP contribution in [0.3, 0.4) is 0 Å². The Morgan fingerprint density at radius 3 is 2.77 bits per heavy atom. The zero-order valence-corrected chi connectivity index (χ0v) is 15.4. The second-order valence-electron chi connectivity index (χ2n) is 7.66. The lowest BCUT2D eigenvalue weighted by molar-refractivity contribution is -0.127. The van der Waals surface area contributed by atoms with Gasteiger partial charge in [0.05, 0.1) is 12.3 Å². The first-order chi connectivity index (χ1) is 12.7. The number of likely N-dealkylation sites (tertiary alicyclic amines) is 1. The van der Waals surface area contributed by atoms with Crippen molar-refractivity contribution >= 4 is 5.91 Å². The maximum atomic E-state index is 12.5. The number of hydrogen-bond acceptors (Lipinski definition) is 4. The highest BCUT2D eigenvalue weighted by Gasteiger charge is 2.29. The fourth-order valence-electron chi connectivity index (χ4n) is 4.25. The third-order valence-electron chi connectivity index (χ3n) is 5.97. The van der Waals surface area contributed by atoms with Gasteiger partial charge in [0.15, 0.2) is 5.76 Å². The molecule has 2 aromatic rings. The van der Waals surface area contributed by atoms with Crippen LogP contribution in [0.1, 0.15) is 57.1 Å². The fourth-order valence-corrected chi connectivity index (χ4v) is 4.25. The molecule has 26 heavy (non-hydrogen) atoms. The van der Waals surface area contributed by atoms with Crippen LogP contribution in [0.4, 0.5) is 0 Å². The van der Waals surface area contributed by atoms with Gasteiger partial charge in [0.2, 0.25) is 5.91 Å². The summed E-state index contributed by atoms with van der Waals surface area (Å²) >= 11 is 0. The van der Waals surface area contributed by atoms with E-state index in [1.54, 1.807) is 6.26 Å². The highest BCUT2D eigenvalue weighted by molar-refractivity contribution is 5.81. The van der Waals surface area contributed by atoms with E-state index in [0.29, 0.717) is 12.0 Å². The molecule has 1 aliphatic heterocycles. The lowest BCUT2D eigenvalue weighted by atomic mass is 9.92. The average molecular weight is 356 g/mol. The summed E-state index contributed by atoms with van der Waals surface area (Å²) < 4.78 is 5.41. The largest absolute Gasteiger partial charge is 0.463 e. The van der Waals surface area contributed by atoms with E-state index in [1.807, 2.05) is 19.1 Å². The molecule has 6 heteroatoms. The van der Waals surface area contributed by atoms with Crippen LogP contribution in [0.25, 0.3) is 11.5 Å². The third kappa shape index (κ3) is 3.70. The lowest BCUT2D eigenvalue weighted by Crippen LogP contribution is -2.50. The van der Waals surface area contributed by atoms with Gasteiger partial charge in [-0.1, -0.05) is 12.8 Å². The Bertz CT molecular complexity index is 710. The number of nitrogens with one attached hydrogen (secondary N) is 2. The molecule has 140 valence electrons. The van der Waals surface area contributed by atoms with Crippen LogP contribution >= 0.6 is 0 Å². The third-order valence-corrected chi connectivity index (χ3v) is 5.97. The maximum absolute atomic E-state index is 12.5. The van der Waals surface area contributed by atoms with Crippen molar-refractivity contribution in [3.63, 3.8) is 0 Å². The number of rotatable bonds is 5. The van der Waals surface area contributed by atoms with Gasteiger partial charge < -0.3 is 9.73 Å². The topological polar surface area (TPSA) is 74.2 Å². The minimum absolute atomic E-state index is 0.0444. The second-order valence-corrected chi connectivity index (χ2v) is 7.66. The number of hydrogen-bond donors (Lipinski definition) is 2. The van der Waals surface area contributed by atoms with Crippen molar-refractivity contribution in [3.8, 4) is 11.5 Å². The van der Waals surface area contributed by atoms with Crippen molar-refractivity contribution in [3.05, 3.63) is 30.2 Å². The van der Waals surface area contributed by atoms with Crippen molar-refractivity contribution < 1.29 is 9.21 Å². The highest BCUT2D eigenvalue weighted by atomic mass is 16.3. The SMILES string of the molecule is C[C@@H](C(=O)NC1CCCC1)N1CCC(c2cc(-c3ccco3)n[nH]2)CC1. The van der Waals surface area contributed by atoms with Gasteiger partial charge in [-0.25, -0.2) is 0 Å². The van der Waals surface area contributed by atoms with E-state index in [9.17, 15) is 4.79 Å². The van der Waals surface area contributed by atoms with Crippen LogP contribution in [0.5, 0.6) is 0 Å². The molecule has 6 nitrogen and oxygen atoms in total. The minimum atomic E-state index is -0.0444. The molecule has 0 spiro atoms. The van der Waals surface area contributed by atoms with Crippen molar-refractivity contribution in [2.75, 3.05) is 13.1 Å². The second kappa shape index (κ2) is 7.66. The van der Waals surface area contributed by atoms with Crippen molar-refractivity contribution in [1.82, 2.24) is 20.4 Å². The predicted octanol–water partition coefficient (Wildman–Crippen LogP) is 3.30. The van der Waals surface area contributed by atoms with E-state index in [1.165, 1.54) is 18.5 Å². The van der Waals surface area contributed by atoms with Crippen LogP contribution in [0.2, 0.25) is 0 Å². The number of H-pyrrole nitrogens is 1. The monoisotopic (exact) mass is 356 g/mol. The maximum Gasteiger partial charge on any atom is 0.237 e. The summed E-state index contributed by atoms with van der Waals surface area (Å²) in [7, 11) is 0. The molecule has 0 unspecified atom stereocenters. The van der Waals surface area contributed by atoms with Gasteiger partial charge in [-0.15, -0.1) is 0 Å². The smallest absolute Gasteiger partial charge is 0.237 e. The molecule has 2 N–H and O–H groups in total. The Balaban J connectivity index is 1.30. The first kappa shape index (κ1) is 17.3. The molecule has 1 aliphatic carbocycles. The molecule has 1 saturated carbocycles. The van der Waals surface area contributed by atoms with Crippen molar-refractivity contribution in [2.45, 2.75) is 63.5 Å². The van der Waals surface area contributed by atoms with Gasteiger partial charge in [-0.3, -0.25) is 14.8 Å². The molecule has 1 atom stereocenters. The number of nitrogens with zero attached hydrogens (tertiary/aromatic N) is 2. The number of carbonyl (C=O) groups is 1. The summed E-state index contributed by atoms with van der Waals surface area (Å²) in [5.74, 6) is 1.45. The Kier molecular flexibility index (Phi) is 5.11. The molecule has 0 radical (unpaired) electrons. The van der Waals surface area contributed by atoms with Gasteiger partial charge in [0, 0.05) is 17.7 Å². The Morgan fingerprint density at radius 2 is 2.08 bits per heavy atom. The molecule has 0 aromatic carbocycles. The zero-order chi connectivity index (χ0) is 17.9. The van der Waals surface area contributed by atoms with Crippen LogP contribution < -0.4 is 5.32 Å². The van der Waals surface area contributed by atoms with E-state index in [4.69, 9.17) is 4.42 Å². The summed E-state index contributed by atoms with van der Waals surface area (Å²) in [5.41, 5.74) is 2.02. The van der Waals surface area contributed by atoms with Crippen molar-refractivity contribution in [2.24, 2.45) is 0 Å². The number of amides is 1.